The van der Waals surface area contributed by atoms with Crippen LogP contribution >= 0.6 is 22.7 Å². The highest BCUT2D eigenvalue weighted by Crippen LogP contribution is 2.40. The van der Waals surface area contributed by atoms with Crippen LogP contribution in [0.1, 0.15) is 36.8 Å². The van der Waals surface area contributed by atoms with Gasteiger partial charge in [-0.15, -0.1) is 22.7 Å². The lowest BCUT2D eigenvalue weighted by Gasteiger charge is -2.02. The molecule has 0 aliphatic rings. The molecule has 2 aromatic heterocycles. The molecule has 0 unspecified atom stereocenters. The highest BCUT2D eigenvalue weighted by atomic mass is 32.1. The van der Waals surface area contributed by atoms with Crippen LogP contribution in [-0.2, 0) is 22.4 Å². The van der Waals surface area contributed by atoms with E-state index < -0.39 is 11.9 Å². The smallest absolute Gasteiger partial charge is 0.303 e. The van der Waals surface area contributed by atoms with Gasteiger partial charge in [0.15, 0.2) is 0 Å². The van der Waals surface area contributed by atoms with E-state index in [-0.39, 0.29) is 12.8 Å². The molecule has 6 heteroatoms. The van der Waals surface area contributed by atoms with E-state index in [1.165, 1.54) is 30.6 Å². The summed E-state index contributed by atoms with van der Waals surface area (Å²) >= 11 is 3.55. The molecule has 0 fully saturated rings. The SMILES string of the molecule is O=C(O)CCCc1ccc(-c2ccc(-c3ccc(-c4ccc(CCCC(=O)O)cc4)s3)s2)cc1. The van der Waals surface area contributed by atoms with Gasteiger partial charge in [0.25, 0.3) is 0 Å². The number of carboxylic acid groups (broad SMARTS) is 2. The summed E-state index contributed by atoms with van der Waals surface area (Å²) in [6.07, 6.45) is 3.29. The molecule has 0 saturated carbocycles. The van der Waals surface area contributed by atoms with Crippen molar-refractivity contribution in [1.29, 1.82) is 0 Å². The first-order valence-electron chi connectivity index (χ1n) is 11.3. The molecule has 0 saturated heterocycles. The molecule has 4 nitrogen and oxygen atoms in total. The van der Waals surface area contributed by atoms with Crippen LogP contribution in [0.3, 0.4) is 0 Å². The van der Waals surface area contributed by atoms with Crippen LogP contribution in [0.15, 0.2) is 72.8 Å². The van der Waals surface area contributed by atoms with E-state index in [1.807, 2.05) is 0 Å². The molecule has 174 valence electrons. The predicted molar refractivity (Wildman–Crippen MR) is 140 cm³/mol. The van der Waals surface area contributed by atoms with E-state index in [0.717, 1.165) is 24.0 Å². The molecule has 34 heavy (non-hydrogen) atoms. The Morgan fingerprint density at radius 2 is 0.882 bits per heavy atom. The zero-order chi connectivity index (χ0) is 23.9. The molecule has 0 amide bonds. The van der Waals surface area contributed by atoms with Gasteiger partial charge in [0.1, 0.15) is 0 Å². The fraction of sp³-hybridized carbons (Fsp3) is 0.214. The van der Waals surface area contributed by atoms with Crippen LogP contribution in [0.2, 0.25) is 0 Å². The molecule has 0 bridgehead atoms. The standard InChI is InChI=1S/C28H26O4S2/c29-27(30)5-1-3-19-7-11-21(12-8-19)23-15-17-25(33-23)26-18-16-24(34-26)22-13-9-20(10-14-22)4-2-6-28(31)32/h7-18H,1-6H2,(H,29,30)(H,31,32). The number of carboxylic acids is 2. The van der Waals surface area contributed by atoms with Crippen molar-refractivity contribution in [1.82, 2.24) is 0 Å². The average molecular weight is 491 g/mol. The van der Waals surface area contributed by atoms with Crippen molar-refractivity contribution in [2.45, 2.75) is 38.5 Å². The maximum absolute atomic E-state index is 10.7. The van der Waals surface area contributed by atoms with E-state index in [1.54, 1.807) is 22.7 Å². The number of hydrogen-bond acceptors (Lipinski definition) is 4. The zero-order valence-corrected chi connectivity index (χ0v) is 20.3. The molecule has 0 aliphatic carbocycles. The number of aryl methyl sites for hydroxylation is 2. The van der Waals surface area contributed by atoms with E-state index in [0.29, 0.717) is 12.8 Å². The predicted octanol–water partition coefficient (Wildman–Crippen LogP) is 7.63. The normalized spacial score (nSPS) is 10.9. The zero-order valence-electron chi connectivity index (χ0n) is 18.7. The van der Waals surface area contributed by atoms with Gasteiger partial charge in [-0.2, -0.15) is 0 Å². The van der Waals surface area contributed by atoms with Crippen LogP contribution in [0.5, 0.6) is 0 Å². The van der Waals surface area contributed by atoms with Crippen molar-refractivity contribution in [3.63, 3.8) is 0 Å². The molecule has 4 rings (SSSR count). The van der Waals surface area contributed by atoms with Crippen molar-refractivity contribution in [3.8, 4) is 30.6 Å². The molecule has 4 aromatic rings. The second-order valence-corrected chi connectivity index (χ2v) is 10.4. The monoisotopic (exact) mass is 490 g/mol. The lowest BCUT2D eigenvalue weighted by molar-refractivity contribution is -0.138. The van der Waals surface area contributed by atoms with Gasteiger partial charge in [-0.1, -0.05) is 48.5 Å². The summed E-state index contributed by atoms with van der Waals surface area (Å²) in [5, 5.41) is 17.6. The summed E-state index contributed by atoms with van der Waals surface area (Å²) in [5.74, 6) is -1.49. The van der Waals surface area contributed by atoms with Crippen LogP contribution in [-0.4, -0.2) is 22.2 Å². The fourth-order valence-electron chi connectivity index (χ4n) is 3.81. The van der Waals surface area contributed by atoms with Crippen LogP contribution < -0.4 is 0 Å². The van der Waals surface area contributed by atoms with E-state index in [4.69, 9.17) is 10.2 Å². The van der Waals surface area contributed by atoms with Gasteiger partial charge in [-0.05, 0) is 72.2 Å². The van der Waals surface area contributed by atoms with Gasteiger partial charge in [0.2, 0.25) is 0 Å². The number of rotatable bonds is 11. The number of thiophene rings is 2. The Labute approximate surface area is 207 Å². The maximum Gasteiger partial charge on any atom is 0.303 e. The Balaban J connectivity index is 1.39. The molecule has 2 aromatic carbocycles. The Morgan fingerprint density at radius 1 is 0.529 bits per heavy atom. The summed E-state index contributed by atoms with van der Waals surface area (Å²) in [4.78, 5) is 26.3. The molecular formula is C28H26O4S2. The molecule has 0 atom stereocenters. The Hall–Kier alpha value is -3.22. The summed E-state index contributed by atoms with van der Waals surface area (Å²) in [7, 11) is 0. The third-order valence-corrected chi connectivity index (χ3v) is 8.11. The minimum atomic E-state index is -0.746. The number of benzene rings is 2. The molecular weight excluding hydrogens is 464 g/mol. The van der Waals surface area contributed by atoms with Crippen molar-refractivity contribution in [2.24, 2.45) is 0 Å². The average Bonchev–Trinajstić information content (AvgIpc) is 3.50. The summed E-state index contributed by atoms with van der Waals surface area (Å²) in [6, 6.07) is 25.5. The number of hydrogen-bond donors (Lipinski definition) is 2. The highest BCUT2D eigenvalue weighted by Gasteiger charge is 2.10. The molecule has 0 radical (unpaired) electrons. The van der Waals surface area contributed by atoms with Gasteiger partial charge in [0.05, 0.1) is 0 Å². The van der Waals surface area contributed by atoms with Gasteiger partial charge >= 0.3 is 11.9 Å². The Bertz CT molecular complexity index is 1150. The topological polar surface area (TPSA) is 74.6 Å². The minimum absolute atomic E-state index is 0.204. The summed E-state index contributed by atoms with van der Waals surface area (Å²) in [5.41, 5.74) is 4.68. The molecule has 2 heterocycles. The third-order valence-electron chi connectivity index (χ3n) is 5.64. The minimum Gasteiger partial charge on any atom is -0.481 e. The van der Waals surface area contributed by atoms with Gasteiger partial charge in [-0.3, -0.25) is 9.59 Å². The summed E-state index contributed by atoms with van der Waals surface area (Å²) in [6.45, 7) is 0. The first-order valence-corrected chi connectivity index (χ1v) is 12.9. The van der Waals surface area contributed by atoms with E-state index >= 15 is 0 Å². The molecule has 0 aliphatic heterocycles. The number of carbonyl (C=O) groups is 2. The van der Waals surface area contributed by atoms with E-state index in [2.05, 4.69) is 72.8 Å². The first kappa shape index (κ1) is 23.9. The lowest BCUT2D eigenvalue weighted by atomic mass is 10.1. The second kappa shape index (κ2) is 11.3. The highest BCUT2D eigenvalue weighted by molar-refractivity contribution is 7.25. The molecule has 0 spiro atoms. The van der Waals surface area contributed by atoms with Crippen molar-refractivity contribution >= 4 is 34.6 Å². The van der Waals surface area contributed by atoms with Gasteiger partial charge < -0.3 is 10.2 Å². The third kappa shape index (κ3) is 6.43. The Morgan fingerprint density at radius 3 is 1.24 bits per heavy atom. The van der Waals surface area contributed by atoms with Crippen LogP contribution in [0.4, 0.5) is 0 Å². The van der Waals surface area contributed by atoms with Crippen molar-refractivity contribution in [3.05, 3.63) is 83.9 Å². The second-order valence-electron chi connectivity index (χ2n) is 8.22. The van der Waals surface area contributed by atoms with Gasteiger partial charge in [-0.25, -0.2) is 0 Å². The van der Waals surface area contributed by atoms with Crippen LogP contribution in [0, 0.1) is 0 Å². The lowest BCUT2D eigenvalue weighted by Crippen LogP contribution is -1.95. The van der Waals surface area contributed by atoms with Gasteiger partial charge in [0, 0.05) is 32.4 Å². The maximum atomic E-state index is 10.7. The molecule has 2 N–H and O–H groups in total. The summed E-state index contributed by atoms with van der Waals surface area (Å²) < 4.78 is 0. The quantitative estimate of drug-likeness (QED) is 0.227. The largest absolute Gasteiger partial charge is 0.481 e. The van der Waals surface area contributed by atoms with Crippen molar-refractivity contribution in [2.75, 3.05) is 0 Å². The number of aliphatic carboxylic acids is 2. The van der Waals surface area contributed by atoms with E-state index in [9.17, 15) is 9.59 Å². The van der Waals surface area contributed by atoms with Crippen LogP contribution in [0.25, 0.3) is 30.6 Å². The Kier molecular flexibility index (Phi) is 7.93. The van der Waals surface area contributed by atoms with Crippen molar-refractivity contribution < 1.29 is 19.8 Å². The first-order chi connectivity index (χ1) is 16.5. The fourth-order valence-corrected chi connectivity index (χ4v) is 5.92.